The molecular weight excluding hydrogens is 320 g/mol. The Kier molecular flexibility index (Phi) is 3.42. The SMILES string of the molecule is c1ccc(-c2ccccc2-c2cnc3[nH]cc(-c4ccoc4)c3c2)cc1. The third-order valence-corrected chi connectivity index (χ3v) is 4.69. The average Bonchev–Trinajstić information content (AvgIpc) is 3.37. The van der Waals surface area contributed by atoms with Crippen molar-refractivity contribution >= 4 is 11.0 Å². The normalized spacial score (nSPS) is 11.1. The Morgan fingerprint density at radius 3 is 2.27 bits per heavy atom. The maximum absolute atomic E-state index is 5.24. The number of nitrogens with one attached hydrogen (secondary N) is 1. The number of nitrogens with zero attached hydrogens (tertiary/aromatic N) is 1. The van der Waals surface area contributed by atoms with Gasteiger partial charge in [-0.3, -0.25) is 0 Å². The Hall–Kier alpha value is -3.59. The molecular formula is C23H16N2O. The predicted octanol–water partition coefficient (Wildman–Crippen LogP) is 6.16. The van der Waals surface area contributed by atoms with Gasteiger partial charge in [-0.1, -0.05) is 54.6 Å². The van der Waals surface area contributed by atoms with Gasteiger partial charge in [-0.2, -0.15) is 0 Å². The molecule has 0 amide bonds. The first-order chi connectivity index (χ1) is 12.9. The summed E-state index contributed by atoms with van der Waals surface area (Å²) in [6, 6.07) is 23.1. The molecule has 2 aromatic carbocycles. The fraction of sp³-hybridized carbons (Fsp3) is 0. The van der Waals surface area contributed by atoms with E-state index < -0.39 is 0 Å². The molecule has 124 valence electrons. The molecule has 0 bridgehead atoms. The van der Waals surface area contributed by atoms with Crippen molar-refractivity contribution in [3.8, 4) is 33.4 Å². The van der Waals surface area contributed by atoms with Crippen LogP contribution in [0, 0.1) is 0 Å². The first-order valence-corrected chi connectivity index (χ1v) is 8.55. The van der Waals surface area contributed by atoms with E-state index in [1.807, 2.05) is 24.5 Å². The molecule has 0 aliphatic carbocycles. The summed E-state index contributed by atoms with van der Waals surface area (Å²) in [5.41, 5.74) is 7.70. The van der Waals surface area contributed by atoms with E-state index >= 15 is 0 Å². The number of benzene rings is 2. The molecule has 0 saturated carbocycles. The Balaban J connectivity index is 1.70. The first kappa shape index (κ1) is 14.7. The number of pyridine rings is 1. The van der Waals surface area contributed by atoms with Crippen molar-refractivity contribution in [2.24, 2.45) is 0 Å². The molecule has 1 N–H and O–H groups in total. The van der Waals surface area contributed by atoms with Crippen molar-refractivity contribution in [2.75, 3.05) is 0 Å². The third-order valence-electron chi connectivity index (χ3n) is 4.69. The van der Waals surface area contributed by atoms with E-state index in [0.717, 1.165) is 27.7 Å². The molecule has 0 aliphatic rings. The summed E-state index contributed by atoms with van der Waals surface area (Å²) in [6.45, 7) is 0. The van der Waals surface area contributed by atoms with Crippen LogP contribution < -0.4 is 0 Å². The lowest BCUT2D eigenvalue weighted by Gasteiger charge is -2.10. The van der Waals surface area contributed by atoms with Crippen molar-refractivity contribution in [2.45, 2.75) is 0 Å². The van der Waals surface area contributed by atoms with Gasteiger partial charge in [0.2, 0.25) is 0 Å². The quantitative estimate of drug-likeness (QED) is 0.429. The number of fused-ring (bicyclic) bond motifs is 1. The summed E-state index contributed by atoms with van der Waals surface area (Å²) in [6.07, 6.45) is 7.36. The number of aromatic amines is 1. The van der Waals surface area contributed by atoms with E-state index in [1.165, 1.54) is 16.7 Å². The van der Waals surface area contributed by atoms with Crippen molar-refractivity contribution in [1.29, 1.82) is 0 Å². The van der Waals surface area contributed by atoms with Gasteiger partial charge in [-0.05, 0) is 28.8 Å². The molecule has 0 unspecified atom stereocenters. The molecule has 0 spiro atoms. The summed E-state index contributed by atoms with van der Waals surface area (Å²) in [5.74, 6) is 0. The maximum atomic E-state index is 5.24. The van der Waals surface area contributed by atoms with E-state index in [1.54, 1.807) is 12.5 Å². The predicted molar refractivity (Wildman–Crippen MR) is 105 cm³/mol. The van der Waals surface area contributed by atoms with Gasteiger partial charge in [0.15, 0.2) is 0 Å². The number of hydrogen-bond acceptors (Lipinski definition) is 2. The second-order valence-electron chi connectivity index (χ2n) is 6.25. The van der Waals surface area contributed by atoms with Gasteiger partial charge in [0.1, 0.15) is 5.65 Å². The molecule has 3 aromatic heterocycles. The van der Waals surface area contributed by atoms with Crippen molar-refractivity contribution in [3.05, 3.63) is 91.7 Å². The lowest BCUT2D eigenvalue weighted by atomic mass is 9.95. The molecule has 0 aliphatic heterocycles. The maximum Gasteiger partial charge on any atom is 0.137 e. The highest BCUT2D eigenvalue weighted by molar-refractivity contribution is 5.96. The van der Waals surface area contributed by atoms with Crippen molar-refractivity contribution in [1.82, 2.24) is 9.97 Å². The lowest BCUT2D eigenvalue weighted by molar-refractivity contribution is 0.568. The summed E-state index contributed by atoms with van der Waals surface area (Å²) in [4.78, 5) is 7.89. The highest BCUT2D eigenvalue weighted by atomic mass is 16.3. The van der Waals surface area contributed by atoms with Gasteiger partial charge in [0.25, 0.3) is 0 Å². The zero-order valence-electron chi connectivity index (χ0n) is 14.0. The minimum Gasteiger partial charge on any atom is -0.472 e. The Morgan fingerprint density at radius 1 is 0.731 bits per heavy atom. The molecule has 5 aromatic rings. The Labute approximate surface area is 151 Å². The van der Waals surface area contributed by atoms with Crippen LogP contribution in [0.1, 0.15) is 0 Å². The van der Waals surface area contributed by atoms with Crippen LogP contribution >= 0.6 is 0 Å². The number of H-pyrrole nitrogens is 1. The van der Waals surface area contributed by atoms with Crippen LogP contribution in [0.5, 0.6) is 0 Å². The number of aromatic nitrogens is 2. The lowest BCUT2D eigenvalue weighted by Crippen LogP contribution is -1.87. The van der Waals surface area contributed by atoms with E-state index in [-0.39, 0.29) is 0 Å². The summed E-state index contributed by atoms with van der Waals surface area (Å²) in [7, 11) is 0. The van der Waals surface area contributed by atoms with Crippen LogP contribution in [0.4, 0.5) is 0 Å². The summed E-state index contributed by atoms with van der Waals surface area (Å²) in [5, 5.41) is 1.09. The van der Waals surface area contributed by atoms with Crippen LogP contribution in [0.15, 0.2) is 96.1 Å². The van der Waals surface area contributed by atoms with Gasteiger partial charge < -0.3 is 9.40 Å². The van der Waals surface area contributed by atoms with Gasteiger partial charge in [-0.15, -0.1) is 0 Å². The fourth-order valence-corrected chi connectivity index (χ4v) is 3.41. The standard InChI is InChI=1S/C23H16N2O/c1-2-6-16(7-3-1)19-8-4-5-9-20(19)18-12-21-22(17-10-11-26-15-17)14-25-23(21)24-13-18/h1-15H,(H,24,25). The smallest absolute Gasteiger partial charge is 0.137 e. The minimum absolute atomic E-state index is 0.877. The van der Waals surface area contributed by atoms with Crippen LogP contribution in [-0.4, -0.2) is 9.97 Å². The largest absolute Gasteiger partial charge is 0.472 e. The summed E-state index contributed by atoms with van der Waals surface area (Å²) < 4.78 is 5.24. The highest BCUT2D eigenvalue weighted by Gasteiger charge is 2.12. The van der Waals surface area contributed by atoms with Crippen molar-refractivity contribution < 1.29 is 4.42 Å². The van der Waals surface area contributed by atoms with E-state index in [2.05, 4.69) is 64.6 Å². The summed E-state index contributed by atoms with van der Waals surface area (Å²) >= 11 is 0. The second kappa shape index (κ2) is 6.05. The second-order valence-corrected chi connectivity index (χ2v) is 6.25. The number of hydrogen-bond donors (Lipinski definition) is 1. The van der Waals surface area contributed by atoms with Crippen LogP contribution in [0.2, 0.25) is 0 Å². The number of furan rings is 1. The average molecular weight is 336 g/mol. The highest BCUT2D eigenvalue weighted by Crippen LogP contribution is 2.35. The zero-order valence-corrected chi connectivity index (χ0v) is 14.0. The van der Waals surface area contributed by atoms with Crippen LogP contribution in [0.25, 0.3) is 44.4 Å². The molecule has 0 atom stereocenters. The Bertz CT molecular complexity index is 1170. The molecule has 0 fully saturated rings. The molecule has 5 rings (SSSR count). The monoisotopic (exact) mass is 336 g/mol. The van der Waals surface area contributed by atoms with E-state index in [9.17, 15) is 0 Å². The first-order valence-electron chi connectivity index (χ1n) is 8.55. The third kappa shape index (κ3) is 2.42. The van der Waals surface area contributed by atoms with Gasteiger partial charge in [0.05, 0.1) is 12.5 Å². The molecule has 3 heterocycles. The Morgan fingerprint density at radius 2 is 1.50 bits per heavy atom. The molecule has 0 saturated heterocycles. The molecule has 26 heavy (non-hydrogen) atoms. The molecule has 0 radical (unpaired) electrons. The van der Waals surface area contributed by atoms with Crippen LogP contribution in [0.3, 0.4) is 0 Å². The van der Waals surface area contributed by atoms with E-state index in [4.69, 9.17) is 4.42 Å². The van der Waals surface area contributed by atoms with Crippen molar-refractivity contribution in [3.63, 3.8) is 0 Å². The minimum atomic E-state index is 0.877. The van der Waals surface area contributed by atoms with Gasteiger partial charge in [-0.25, -0.2) is 4.98 Å². The van der Waals surface area contributed by atoms with Crippen LogP contribution in [-0.2, 0) is 0 Å². The topological polar surface area (TPSA) is 41.8 Å². The van der Waals surface area contributed by atoms with Gasteiger partial charge >= 0.3 is 0 Å². The molecule has 3 heteroatoms. The van der Waals surface area contributed by atoms with Gasteiger partial charge in [0, 0.05) is 34.5 Å². The zero-order chi connectivity index (χ0) is 17.3. The fourth-order valence-electron chi connectivity index (χ4n) is 3.41. The van der Waals surface area contributed by atoms with E-state index in [0.29, 0.717) is 0 Å². The number of rotatable bonds is 3. The molecule has 3 nitrogen and oxygen atoms in total.